The molecule has 4 rings (SSSR count). The minimum atomic E-state index is -1.75. The van der Waals surface area contributed by atoms with Gasteiger partial charge in [0.05, 0.1) is 12.2 Å². The van der Waals surface area contributed by atoms with Gasteiger partial charge in [-0.25, -0.2) is 0 Å². The Hall–Kier alpha value is -2.97. The number of phenols is 2. The summed E-state index contributed by atoms with van der Waals surface area (Å²) in [6, 6.07) is 6.90. The summed E-state index contributed by atoms with van der Waals surface area (Å²) < 4.78 is 17.1. The highest BCUT2D eigenvalue weighted by Crippen LogP contribution is 2.46. The van der Waals surface area contributed by atoms with E-state index in [-0.39, 0.29) is 41.2 Å². The van der Waals surface area contributed by atoms with Crippen molar-refractivity contribution in [2.75, 3.05) is 6.61 Å². The summed E-state index contributed by atoms with van der Waals surface area (Å²) in [6.45, 7) is 2.40. The Kier molecular flexibility index (Phi) is 7.86. The number of phenolic OH excluding ortho intramolecular Hbond substituents is 2. The first-order valence-electron chi connectivity index (χ1n) is 12.1. The molecule has 0 aliphatic carbocycles. The van der Waals surface area contributed by atoms with E-state index >= 15 is 0 Å². The number of carbonyl (C=O) groups is 1. The second-order valence-electron chi connectivity index (χ2n) is 10.1. The number of hydrogen-bond donors (Lipinski definition) is 8. The summed E-state index contributed by atoms with van der Waals surface area (Å²) in [5.74, 6) is -1.70. The van der Waals surface area contributed by atoms with E-state index in [1.165, 1.54) is 30.3 Å². The van der Waals surface area contributed by atoms with Crippen LogP contribution in [-0.4, -0.2) is 95.7 Å². The van der Waals surface area contributed by atoms with Gasteiger partial charge in [0.15, 0.2) is 12.2 Å². The van der Waals surface area contributed by atoms with E-state index in [0.29, 0.717) is 5.56 Å². The van der Waals surface area contributed by atoms with Gasteiger partial charge in [-0.3, -0.25) is 4.79 Å². The van der Waals surface area contributed by atoms with Crippen LogP contribution in [-0.2, 0) is 11.2 Å². The molecule has 2 aromatic rings. The first kappa shape index (κ1) is 28.0. The van der Waals surface area contributed by atoms with Crippen molar-refractivity contribution in [2.24, 2.45) is 0 Å². The number of aliphatic hydroxyl groups excluding tert-OH is 5. The lowest BCUT2D eigenvalue weighted by atomic mass is 9.89. The predicted molar refractivity (Wildman–Crippen MR) is 129 cm³/mol. The van der Waals surface area contributed by atoms with Gasteiger partial charge >= 0.3 is 0 Å². The molecule has 208 valence electrons. The summed E-state index contributed by atoms with van der Waals surface area (Å²) >= 11 is 0. The Morgan fingerprint density at radius 2 is 1.66 bits per heavy atom. The van der Waals surface area contributed by atoms with Crippen molar-refractivity contribution in [3.05, 3.63) is 47.0 Å². The topological polar surface area (TPSA) is 207 Å². The number of ether oxygens (including phenoxy) is 3. The van der Waals surface area contributed by atoms with Crippen LogP contribution in [0.2, 0.25) is 0 Å². The summed E-state index contributed by atoms with van der Waals surface area (Å²) in [7, 11) is 0. The van der Waals surface area contributed by atoms with Crippen LogP contribution in [0.25, 0.3) is 0 Å². The molecule has 0 aromatic heterocycles. The molecule has 0 unspecified atom stereocenters. The molecule has 2 aliphatic heterocycles. The largest absolute Gasteiger partial charge is 0.508 e. The third-order valence-electron chi connectivity index (χ3n) is 6.68. The molecule has 0 radical (unpaired) electrons. The Bertz CT molecular complexity index is 1160. The van der Waals surface area contributed by atoms with Crippen molar-refractivity contribution in [1.29, 1.82) is 0 Å². The van der Waals surface area contributed by atoms with Crippen LogP contribution in [0, 0.1) is 0 Å². The third kappa shape index (κ3) is 5.43. The van der Waals surface area contributed by atoms with Crippen molar-refractivity contribution < 1.29 is 59.9 Å². The van der Waals surface area contributed by atoms with Gasteiger partial charge in [-0.15, -0.1) is 0 Å². The monoisotopic (exact) mass is 536 g/mol. The van der Waals surface area contributed by atoms with Crippen LogP contribution < -0.4 is 9.47 Å². The molecule has 7 atom stereocenters. The molecule has 8 N–H and O–H groups in total. The minimum Gasteiger partial charge on any atom is -0.508 e. The summed E-state index contributed by atoms with van der Waals surface area (Å²) in [4.78, 5) is 13.2. The molecule has 0 spiro atoms. The van der Waals surface area contributed by atoms with E-state index in [4.69, 9.17) is 14.2 Å². The Labute approximate surface area is 217 Å². The van der Waals surface area contributed by atoms with Crippen molar-refractivity contribution >= 4 is 5.78 Å². The van der Waals surface area contributed by atoms with Gasteiger partial charge in [0.2, 0.25) is 12.1 Å². The summed E-state index contributed by atoms with van der Waals surface area (Å²) in [5, 5.41) is 81.8. The van der Waals surface area contributed by atoms with Gasteiger partial charge in [0, 0.05) is 11.6 Å². The number of aliphatic hydroxyl groups is 6. The van der Waals surface area contributed by atoms with Gasteiger partial charge in [0.1, 0.15) is 53.0 Å². The van der Waals surface area contributed by atoms with E-state index in [1.807, 2.05) is 0 Å². The second-order valence-corrected chi connectivity index (χ2v) is 10.1. The summed E-state index contributed by atoms with van der Waals surface area (Å²) in [5.41, 5.74) is -1.07. The number of benzene rings is 2. The van der Waals surface area contributed by atoms with Crippen molar-refractivity contribution in [3.63, 3.8) is 0 Å². The zero-order valence-corrected chi connectivity index (χ0v) is 20.8. The lowest BCUT2D eigenvalue weighted by Crippen LogP contribution is -2.60. The molecule has 0 bridgehead atoms. The fourth-order valence-corrected chi connectivity index (χ4v) is 4.46. The van der Waals surface area contributed by atoms with E-state index < -0.39 is 66.7 Å². The molecule has 12 nitrogen and oxygen atoms in total. The Morgan fingerprint density at radius 1 is 1.00 bits per heavy atom. The number of Topliss-reactive ketones (excluding diaryl/α,β-unsaturated/α-hetero) is 1. The number of carbonyl (C=O) groups excluding carboxylic acids is 1. The lowest BCUT2D eigenvalue weighted by Gasteiger charge is -2.40. The average Bonchev–Trinajstić information content (AvgIpc) is 2.86. The maximum atomic E-state index is 13.2. The first-order chi connectivity index (χ1) is 17.8. The molecule has 2 aromatic carbocycles. The van der Waals surface area contributed by atoms with Gasteiger partial charge in [0.25, 0.3) is 0 Å². The minimum absolute atomic E-state index is 0.0138. The molecule has 38 heavy (non-hydrogen) atoms. The zero-order chi connectivity index (χ0) is 27.9. The normalized spacial score (nSPS) is 29.5. The number of ketones is 1. The van der Waals surface area contributed by atoms with Crippen molar-refractivity contribution in [1.82, 2.24) is 0 Å². The Morgan fingerprint density at radius 3 is 2.26 bits per heavy atom. The van der Waals surface area contributed by atoms with Crippen LogP contribution in [0.5, 0.6) is 23.0 Å². The van der Waals surface area contributed by atoms with Crippen LogP contribution in [0.4, 0.5) is 0 Å². The van der Waals surface area contributed by atoms with E-state index in [2.05, 4.69) is 0 Å². The number of rotatable bonds is 7. The van der Waals surface area contributed by atoms with Gasteiger partial charge in [-0.05, 0) is 44.4 Å². The van der Waals surface area contributed by atoms with Crippen LogP contribution >= 0.6 is 0 Å². The average molecular weight is 537 g/mol. The standard InChI is InChI=1S/C26H32O12/c1-26(2,35)8-7-13-14(37-25-23(34)21(32)19(30)16(10-27)38-25)9-15-17(18(13)29)20(31)22(33)24(36-15)11-3-5-12(28)6-4-11/h3-6,9,16,19,21-25,27-30,32-35H,7-8,10H2,1-2H3/t16-,19-,21+,22-,23-,24+,25+/m1/s1. The molecule has 0 amide bonds. The zero-order valence-electron chi connectivity index (χ0n) is 20.8. The molecule has 0 saturated carbocycles. The second kappa shape index (κ2) is 10.7. The number of fused-ring (bicyclic) bond motifs is 1. The highest BCUT2D eigenvalue weighted by atomic mass is 16.7. The Balaban J connectivity index is 1.76. The number of hydrogen-bond acceptors (Lipinski definition) is 12. The molecule has 12 heteroatoms. The van der Waals surface area contributed by atoms with Gasteiger partial charge in [-0.2, -0.15) is 0 Å². The fourth-order valence-electron chi connectivity index (χ4n) is 4.46. The van der Waals surface area contributed by atoms with Gasteiger partial charge < -0.3 is 55.1 Å². The van der Waals surface area contributed by atoms with E-state index in [1.54, 1.807) is 13.8 Å². The highest BCUT2D eigenvalue weighted by Gasteiger charge is 2.46. The maximum absolute atomic E-state index is 13.2. The smallest absolute Gasteiger partial charge is 0.229 e. The SMILES string of the molecule is CC(C)(O)CCc1c(O[C@H]2O[C@H](CO)[C@@H](O)[C@H](O)[C@H]2O)cc2c(c1O)C(=O)[C@@H](O)[C@H](c1ccc(O)cc1)O2. The highest BCUT2D eigenvalue weighted by molar-refractivity contribution is 6.06. The molecule has 1 saturated heterocycles. The maximum Gasteiger partial charge on any atom is 0.229 e. The lowest BCUT2D eigenvalue weighted by molar-refractivity contribution is -0.277. The van der Waals surface area contributed by atoms with Crippen LogP contribution in [0.3, 0.4) is 0 Å². The number of aromatic hydroxyl groups is 2. The van der Waals surface area contributed by atoms with E-state index in [0.717, 1.165) is 0 Å². The first-order valence-corrected chi connectivity index (χ1v) is 12.1. The molecule has 2 heterocycles. The van der Waals surface area contributed by atoms with Crippen LogP contribution in [0.15, 0.2) is 30.3 Å². The third-order valence-corrected chi connectivity index (χ3v) is 6.68. The predicted octanol–water partition coefficient (Wildman–Crippen LogP) is -0.343. The van der Waals surface area contributed by atoms with Gasteiger partial charge in [-0.1, -0.05) is 12.1 Å². The fraction of sp³-hybridized carbons (Fsp3) is 0.500. The molecule has 1 fully saturated rings. The van der Waals surface area contributed by atoms with E-state index in [9.17, 15) is 45.6 Å². The molecular weight excluding hydrogens is 504 g/mol. The molecular formula is C26H32O12. The molecule has 2 aliphatic rings. The summed E-state index contributed by atoms with van der Waals surface area (Å²) in [6.07, 6.45) is -10.7. The van der Waals surface area contributed by atoms with Crippen LogP contribution in [0.1, 0.15) is 47.9 Å². The van der Waals surface area contributed by atoms with Crippen molar-refractivity contribution in [3.8, 4) is 23.0 Å². The quantitative estimate of drug-likeness (QED) is 0.229. The van der Waals surface area contributed by atoms with Crippen molar-refractivity contribution in [2.45, 2.75) is 75.2 Å².